The molecule has 2 atom stereocenters. The van der Waals surface area contributed by atoms with Crippen LogP contribution in [0.5, 0.6) is 0 Å². The minimum atomic E-state index is -0.544. The molecule has 2 aliphatic rings. The number of hydrogen-bond donors (Lipinski definition) is 1. The Bertz CT molecular complexity index is 190. The number of rotatable bonds is 2. The van der Waals surface area contributed by atoms with Crippen molar-refractivity contribution in [1.82, 2.24) is 10.2 Å². The SMILES string of the molecule is CN[C@H]1CCCC[C@@H]1N1CCC(F)CC1. The Labute approximate surface area is 92.2 Å². The molecule has 1 aliphatic heterocycles. The lowest BCUT2D eigenvalue weighted by atomic mass is 9.88. The first-order valence-corrected chi connectivity index (χ1v) is 6.36. The van der Waals surface area contributed by atoms with E-state index in [0.717, 1.165) is 25.9 Å². The molecule has 0 spiro atoms. The zero-order valence-corrected chi connectivity index (χ0v) is 9.71. The average molecular weight is 214 g/mol. The van der Waals surface area contributed by atoms with Gasteiger partial charge in [-0.05, 0) is 32.7 Å². The van der Waals surface area contributed by atoms with Gasteiger partial charge in [0.2, 0.25) is 0 Å². The molecular formula is C12H23FN2. The van der Waals surface area contributed by atoms with E-state index in [4.69, 9.17) is 0 Å². The molecule has 3 heteroatoms. The molecule has 88 valence electrons. The molecule has 2 rings (SSSR count). The van der Waals surface area contributed by atoms with E-state index in [1.165, 1.54) is 25.7 Å². The Balaban J connectivity index is 1.90. The molecule has 0 unspecified atom stereocenters. The minimum Gasteiger partial charge on any atom is -0.315 e. The molecule has 1 saturated carbocycles. The zero-order chi connectivity index (χ0) is 10.7. The van der Waals surface area contributed by atoms with E-state index >= 15 is 0 Å². The van der Waals surface area contributed by atoms with Gasteiger partial charge < -0.3 is 5.32 Å². The average Bonchev–Trinajstić information content (AvgIpc) is 2.30. The Morgan fingerprint density at radius 2 is 1.73 bits per heavy atom. The smallest absolute Gasteiger partial charge is 0.103 e. The third-order valence-electron chi connectivity index (χ3n) is 4.03. The minimum absolute atomic E-state index is 0.544. The number of piperidine rings is 1. The van der Waals surface area contributed by atoms with Crippen molar-refractivity contribution in [1.29, 1.82) is 0 Å². The van der Waals surface area contributed by atoms with Gasteiger partial charge in [0, 0.05) is 25.2 Å². The lowest BCUT2D eigenvalue weighted by molar-refractivity contribution is 0.0735. The van der Waals surface area contributed by atoms with Gasteiger partial charge in [0.1, 0.15) is 6.17 Å². The second-order valence-corrected chi connectivity index (χ2v) is 4.96. The second kappa shape index (κ2) is 5.26. The topological polar surface area (TPSA) is 15.3 Å². The van der Waals surface area contributed by atoms with Crippen LogP contribution in [0.15, 0.2) is 0 Å². The predicted molar refractivity (Wildman–Crippen MR) is 60.8 cm³/mol. The normalized spacial score (nSPS) is 35.6. The van der Waals surface area contributed by atoms with Gasteiger partial charge in [-0.25, -0.2) is 4.39 Å². The van der Waals surface area contributed by atoms with Gasteiger partial charge in [0.15, 0.2) is 0 Å². The first-order chi connectivity index (χ1) is 7.31. The lowest BCUT2D eigenvalue weighted by Crippen LogP contribution is -2.53. The molecule has 0 aromatic carbocycles. The second-order valence-electron chi connectivity index (χ2n) is 4.96. The van der Waals surface area contributed by atoms with Crippen LogP contribution in [0, 0.1) is 0 Å². The Hall–Kier alpha value is -0.150. The largest absolute Gasteiger partial charge is 0.315 e. The maximum Gasteiger partial charge on any atom is 0.103 e. The molecule has 0 radical (unpaired) electrons. The maximum absolute atomic E-state index is 13.1. The summed E-state index contributed by atoms with van der Waals surface area (Å²) >= 11 is 0. The van der Waals surface area contributed by atoms with Gasteiger partial charge in [-0.1, -0.05) is 12.8 Å². The van der Waals surface area contributed by atoms with Crippen LogP contribution >= 0.6 is 0 Å². The number of alkyl halides is 1. The van der Waals surface area contributed by atoms with Gasteiger partial charge in [0.25, 0.3) is 0 Å². The fourth-order valence-electron chi connectivity index (χ4n) is 3.08. The summed E-state index contributed by atoms with van der Waals surface area (Å²) in [6.07, 6.45) is 6.22. The van der Waals surface area contributed by atoms with Crippen molar-refractivity contribution in [2.75, 3.05) is 20.1 Å². The highest BCUT2D eigenvalue weighted by atomic mass is 19.1. The number of nitrogens with zero attached hydrogens (tertiary/aromatic N) is 1. The summed E-state index contributed by atoms with van der Waals surface area (Å²) in [5.41, 5.74) is 0. The van der Waals surface area contributed by atoms with Crippen LogP contribution in [-0.4, -0.2) is 43.3 Å². The lowest BCUT2D eigenvalue weighted by Gasteiger charge is -2.42. The van der Waals surface area contributed by atoms with Crippen molar-refractivity contribution in [3.8, 4) is 0 Å². The molecule has 2 nitrogen and oxygen atoms in total. The molecule has 1 heterocycles. The van der Waals surface area contributed by atoms with Gasteiger partial charge in [-0.2, -0.15) is 0 Å². The van der Waals surface area contributed by atoms with E-state index < -0.39 is 6.17 Å². The zero-order valence-electron chi connectivity index (χ0n) is 9.71. The molecule has 2 fully saturated rings. The third kappa shape index (κ3) is 2.70. The fraction of sp³-hybridized carbons (Fsp3) is 1.00. The highest BCUT2D eigenvalue weighted by Crippen LogP contribution is 2.26. The first-order valence-electron chi connectivity index (χ1n) is 6.36. The number of likely N-dealkylation sites (N-methyl/N-ethyl adjacent to an activating group) is 1. The van der Waals surface area contributed by atoms with Crippen LogP contribution in [0.4, 0.5) is 4.39 Å². The van der Waals surface area contributed by atoms with E-state index in [2.05, 4.69) is 17.3 Å². The Morgan fingerprint density at radius 1 is 1.07 bits per heavy atom. The van der Waals surface area contributed by atoms with Gasteiger partial charge in [-0.15, -0.1) is 0 Å². The summed E-state index contributed by atoms with van der Waals surface area (Å²) in [6, 6.07) is 1.30. The van der Waals surface area contributed by atoms with Crippen LogP contribution in [-0.2, 0) is 0 Å². The molecule has 0 bridgehead atoms. The van der Waals surface area contributed by atoms with E-state index in [-0.39, 0.29) is 0 Å². The van der Waals surface area contributed by atoms with E-state index in [9.17, 15) is 4.39 Å². The van der Waals surface area contributed by atoms with Crippen molar-refractivity contribution in [2.24, 2.45) is 0 Å². The Kier molecular flexibility index (Phi) is 3.98. The van der Waals surface area contributed by atoms with Gasteiger partial charge in [-0.3, -0.25) is 4.90 Å². The standard InChI is InChI=1S/C12H23FN2/c1-14-11-4-2-3-5-12(11)15-8-6-10(13)7-9-15/h10-12,14H,2-9H2,1H3/t11-,12-/m0/s1. The number of nitrogens with one attached hydrogen (secondary N) is 1. The monoisotopic (exact) mass is 214 g/mol. The van der Waals surface area contributed by atoms with Crippen molar-refractivity contribution < 1.29 is 4.39 Å². The molecule has 15 heavy (non-hydrogen) atoms. The molecule has 0 amide bonds. The van der Waals surface area contributed by atoms with Crippen LogP contribution < -0.4 is 5.32 Å². The third-order valence-corrected chi connectivity index (χ3v) is 4.03. The summed E-state index contributed by atoms with van der Waals surface area (Å²) in [5, 5.41) is 3.43. The summed E-state index contributed by atoms with van der Waals surface area (Å²) in [5.74, 6) is 0. The van der Waals surface area contributed by atoms with E-state index in [0.29, 0.717) is 12.1 Å². The Morgan fingerprint density at radius 3 is 2.40 bits per heavy atom. The van der Waals surface area contributed by atoms with E-state index in [1.54, 1.807) is 0 Å². The molecule has 0 aromatic heterocycles. The highest BCUT2D eigenvalue weighted by Gasteiger charge is 2.31. The van der Waals surface area contributed by atoms with Crippen molar-refractivity contribution in [2.45, 2.75) is 56.8 Å². The maximum atomic E-state index is 13.1. The quantitative estimate of drug-likeness (QED) is 0.756. The molecule has 0 aromatic rings. The first kappa shape index (κ1) is 11.3. The molecule has 1 aliphatic carbocycles. The summed E-state index contributed by atoms with van der Waals surface area (Å²) in [7, 11) is 2.06. The van der Waals surface area contributed by atoms with Crippen LogP contribution in [0.25, 0.3) is 0 Å². The number of likely N-dealkylation sites (tertiary alicyclic amines) is 1. The molecule has 1 N–H and O–H groups in total. The molecule has 1 saturated heterocycles. The highest BCUT2D eigenvalue weighted by molar-refractivity contribution is 4.89. The van der Waals surface area contributed by atoms with Crippen molar-refractivity contribution in [3.05, 3.63) is 0 Å². The summed E-state index contributed by atoms with van der Waals surface area (Å²) < 4.78 is 13.1. The predicted octanol–water partition coefficient (Wildman–Crippen LogP) is 1.95. The number of halogens is 1. The summed E-state index contributed by atoms with van der Waals surface area (Å²) in [6.45, 7) is 1.92. The molecular weight excluding hydrogens is 191 g/mol. The van der Waals surface area contributed by atoms with Crippen molar-refractivity contribution in [3.63, 3.8) is 0 Å². The van der Waals surface area contributed by atoms with Crippen LogP contribution in [0.3, 0.4) is 0 Å². The fourth-order valence-corrected chi connectivity index (χ4v) is 3.08. The summed E-state index contributed by atoms with van der Waals surface area (Å²) in [4.78, 5) is 2.51. The van der Waals surface area contributed by atoms with Crippen LogP contribution in [0.2, 0.25) is 0 Å². The van der Waals surface area contributed by atoms with Crippen LogP contribution in [0.1, 0.15) is 38.5 Å². The van der Waals surface area contributed by atoms with Gasteiger partial charge in [0.05, 0.1) is 0 Å². The van der Waals surface area contributed by atoms with Crippen molar-refractivity contribution >= 4 is 0 Å². The van der Waals surface area contributed by atoms with Gasteiger partial charge >= 0.3 is 0 Å². The van der Waals surface area contributed by atoms with E-state index in [1.807, 2.05) is 0 Å². The number of hydrogen-bond acceptors (Lipinski definition) is 2.